The van der Waals surface area contributed by atoms with Gasteiger partial charge in [-0.1, -0.05) is 82.6 Å². The van der Waals surface area contributed by atoms with Crippen LogP contribution in [0.2, 0.25) is 0 Å². The maximum atomic E-state index is 7.14. The monoisotopic (exact) mass is 595 g/mol. The quantitative estimate of drug-likeness (QED) is 0.185. The minimum absolute atomic E-state index is 0.0708. The zero-order valence-corrected chi connectivity index (χ0v) is 28.5. The highest BCUT2D eigenvalue weighted by atomic mass is 16.5. The molecule has 0 spiro atoms. The summed E-state index contributed by atoms with van der Waals surface area (Å²) < 4.78 is 12.0. The van der Waals surface area contributed by atoms with Crippen molar-refractivity contribution in [2.75, 3.05) is 7.05 Å². The van der Waals surface area contributed by atoms with Gasteiger partial charge in [-0.3, -0.25) is 0 Å². The standard InChI is InChI=1S/C42H47N2O/c1-25(2)19-29-13-12-15-33-32-14-10-11-16-37(32)44(38(29)33)31-22-30(24-42(6,7)8)40-36(23-31)34-17-18-43(9)39(41(34)45-40)35-21-26(3)20-27(4)28(35)5/h10-18,20-23,25,34,41H,19,24H2,1-9H3/q+1. The van der Waals surface area contributed by atoms with Crippen LogP contribution in [0, 0.1) is 32.1 Å². The van der Waals surface area contributed by atoms with Crippen molar-refractivity contribution in [3.05, 3.63) is 118 Å². The van der Waals surface area contributed by atoms with E-state index in [4.69, 9.17) is 4.74 Å². The smallest absolute Gasteiger partial charge is 0.230 e. The van der Waals surface area contributed by atoms with Crippen molar-refractivity contribution >= 4 is 27.5 Å². The highest BCUT2D eigenvalue weighted by molar-refractivity contribution is 6.10. The lowest BCUT2D eigenvalue weighted by atomic mass is 9.83. The molecule has 3 nitrogen and oxygen atoms in total. The first-order valence-corrected chi connectivity index (χ1v) is 16.6. The molecule has 3 heteroatoms. The van der Waals surface area contributed by atoms with Crippen molar-refractivity contribution in [3.8, 4) is 11.4 Å². The topological polar surface area (TPSA) is 17.2 Å². The van der Waals surface area contributed by atoms with Crippen LogP contribution in [0.3, 0.4) is 0 Å². The number of benzene rings is 4. The molecule has 4 aromatic carbocycles. The molecule has 5 aromatic rings. The number of nitrogens with zero attached hydrogens (tertiary/aromatic N) is 2. The Hall–Kier alpha value is -4.11. The van der Waals surface area contributed by atoms with Crippen molar-refractivity contribution in [1.82, 2.24) is 4.57 Å². The van der Waals surface area contributed by atoms with Gasteiger partial charge in [-0.25, -0.2) is 4.58 Å². The van der Waals surface area contributed by atoms with Crippen LogP contribution < -0.4 is 4.74 Å². The molecule has 1 aromatic heterocycles. The molecule has 230 valence electrons. The first kappa shape index (κ1) is 29.6. The highest BCUT2D eigenvalue weighted by Crippen LogP contribution is 2.48. The number of para-hydroxylation sites is 2. The second kappa shape index (κ2) is 10.8. The molecular formula is C42H47N2O+. The summed E-state index contributed by atoms with van der Waals surface area (Å²) in [4.78, 5) is 0. The van der Waals surface area contributed by atoms with E-state index in [9.17, 15) is 0 Å². The van der Waals surface area contributed by atoms with Crippen LogP contribution in [-0.2, 0) is 12.8 Å². The van der Waals surface area contributed by atoms with Gasteiger partial charge in [0.2, 0.25) is 5.71 Å². The molecule has 0 radical (unpaired) electrons. The van der Waals surface area contributed by atoms with E-state index in [1.54, 1.807) is 0 Å². The average molecular weight is 596 g/mol. The molecule has 7 rings (SSSR count). The van der Waals surface area contributed by atoms with Gasteiger partial charge in [0.05, 0.1) is 17.0 Å². The van der Waals surface area contributed by atoms with Crippen LogP contribution in [0.1, 0.15) is 79.5 Å². The van der Waals surface area contributed by atoms with Crippen molar-refractivity contribution < 1.29 is 9.31 Å². The summed E-state index contributed by atoms with van der Waals surface area (Å²) in [6, 6.07) is 25.3. The SMILES string of the molecule is Cc1cc(C)c(C)c(C2=[N+](C)C=CC3c4cc(-n5c6ccccc6c6cccc(CC(C)C)c65)cc(CC(C)(C)C)c4OC23)c1. The van der Waals surface area contributed by atoms with E-state index in [0.717, 1.165) is 18.6 Å². The summed E-state index contributed by atoms with van der Waals surface area (Å²) in [7, 11) is 2.17. The zero-order chi connectivity index (χ0) is 31.8. The van der Waals surface area contributed by atoms with Gasteiger partial charge in [0.1, 0.15) is 12.8 Å². The lowest BCUT2D eigenvalue weighted by molar-refractivity contribution is -0.427. The van der Waals surface area contributed by atoms with Crippen LogP contribution >= 0.6 is 0 Å². The van der Waals surface area contributed by atoms with Crippen LogP contribution in [0.4, 0.5) is 0 Å². The second-order valence-corrected chi connectivity index (χ2v) is 15.2. The van der Waals surface area contributed by atoms with Crippen LogP contribution in [0.25, 0.3) is 27.5 Å². The van der Waals surface area contributed by atoms with Crippen molar-refractivity contribution in [2.24, 2.45) is 11.3 Å². The van der Waals surface area contributed by atoms with Crippen molar-refractivity contribution in [1.29, 1.82) is 0 Å². The average Bonchev–Trinajstić information content (AvgIpc) is 3.51. The van der Waals surface area contributed by atoms with E-state index in [1.807, 2.05) is 0 Å². The number of rotatable bonds is 5. The molecule has 0 fully saturated rings. The molecule has 3 heterocycles. The summed E-state index contributed by atoms with van der Waals surface area (Å²) in [6.45, 7) is 18.3. The molecule has 0 aliphatic carbocycles. The molecule has 0 amide bonds. The van der Waals surface area contributed by atoms with E-state index < -0.39 is 0 Å². The molecular weight excluding hydrogens is 548 g/mol. The number of ether oxygens (including phenoxy) is 1. The van der Waals surface area contributed by atoms with Gasteiger partial charge in [-0.15, -0.1) is 0 Å². The summed E-state index contributed by atoms with van der Waals surface area (Å²) in [6.07, 6.45) is 6.53. The number of aromatic nitrogens is 1. The number of fused-ring (bicyclic) bond motifs is 6. The molecule has 2 aliphatic rings. The second-order valence-electron chi connectivity index (χ2n) is 15.2. The van der Waals surface area contributed by atoms with Gasteiger partial charge in [0.15, 0.2) is 12.3 Å². The van der Waals surface area contributed by atoms with Gasteiger partial charge in [-0.2, -0.15) is 0 Å². The Bertz CT molecular complexity index is 2050. The Morgan fingerprint density at radius 3 is 2.40 bits per heavy atom. The van der Waals surface area contributed by atoms with Gasteiger partial charge < -0.3 is 9.30 Å². The fourth-order valence-electron chi connectivity index (χ4n) is 7.83. The maximum Gasteiger partial charge on any atom is 0.230 e. The zero-order valence-electron chi connectivity index (χ0n) is 28.5. The van der Waals surface area contributed by atoms with Gasteiger partial charge in [0.25, 0.3) is 0 Å². The number of hydrogen-bond acceptors (Lipinski definition) is 1. The summed E-state index contributed by atoms with van der Waals surface area (Å²) in [5.41, 5.74) is 14.4. The number of aryl methyl sites for hydroxylation is 2. The predicted molar refractivity (Wildman–Crippen MR) is 190 cm³/mol. The Balaban J connectivity index is 1.47. The Kier molecular flexibility index (Phi) is 7.07. The predicted octanol–water partition coefficient (Wildman–Crippen LogP) is 10.00. The molecule has 0 saturated heterocycles. The molecule has 2 unspecified atom stereocenters. The summed E-state index contributed by atoms with van der Waals surface area (Å²) >= 11 is 0. The minimum Gasteiger partial charge on any atom is -0.478 e. The van der Waals surface area contributed by atoms with Crippen molar-refractivity contribution in [2.45, 2.75) is 80.3 Å². The van der Waals surface area contributed by atoms with Crippen LogP contribution in [-0.4, -0.2) is 28.0 Å². The minimum atomic E-state index is -0.0708. The van der Waals surface area contributed by atoms with Crippen LogP contribution in [0.5, 0.6) is 5.75 Å². The normalized spacial score (nSPS) is 17.8. The number of hydrogen-bond donors (Lipinski definition) is 0. The first-order valence-electron chi connectivity index (χ1n) is 16.6. The first-order chi connectivity index (χ1) is 21.4. The fourth-order valence-corrected chi connectivity index (χ4v) is 7.83. The third-order valence-corrected chi connectivity index (χ3v) is 9.75. The van der Waals surface area contributed by atoms with E-state index in [2.05, 4.69) is 151 Å². The Morgan fingerprint density at radius 2 is 1.64 bits per heavy atom. The lowest BCUT2D eigenvalue weighted by Crippen LogP contribution is -2.37. The third-order valence-electron chi connectivity index (χ3n) is 9.75. The van der Waals surface area contributed by atoms with E-state index in [-0.39, 0.29) is 17.4 Å². The van der Waals surface area contributed by atoms with Gasteiger partial charge in [-0.05, 0) is 97.5 Å². The van der Waals surface area contributed by atoms with E-state index in [0.29, 0.717) is 5.92 Å². The fraction of sp³-hybridized carbons (Fsp3) is 0.357. The van der Waals surface area contributed by atoms with Gasteiger partial charge in [0, 0.05) is 27.6 Å². The van der Waals surface area contributed by atoms with E-state index in [1.165, 1.54) is 72.1 Å². The van der Waals surface area contributed by atoms with Gasteiger partial charge >= 0.3 is 0 Å². The largest absolute Gasteiger partial charge is 0.478 e. The third kappa shape index (κ3) is 5.01. The van der Waals surface area contributed by atoms with E-state index >= 15 is 0 Å². The lowest BCUT2D eigenvalue weighted by Gasteiger charge is -2.22. The Labute approximate surface area is 268 Å². The molecule has 2 atom stereocenters. The summed E-state index contributed by atoms with van der Waals surface area (Å²) in [5.74, 6) is 1.79. The highest BCUT2D eigenvalue weighted by Gasteiger charge is 2.45. The Morgan fingerprint density at radius 1 is 0.889 bits per heavy atom. The molecule has 0 bridgehead atoms. The molecule has 45 heavy (non-hydrogen) atoms. The molecule has 2 aliphatic heterocycles. The maximum absolute atomic E-state index is 7.14. The molecule has 0 saturated carbocycles. The van der Waals surface area contributed by atoms with Crippen molar-refractivity contribution in [3.63, 3.8) is 0 Å². The summed E-state index contributed by atoms with van der Waals surface area (Å²) in [5, 5.41) is 2.64. The molecule has 0 N–H and O–H groups in total. The van der Waals surface area contributed by atoms with Crippen LogP contribution in [0.15, 0.2) is 79.0 Å².